The number of aryl methyl sites for hydroxylation is 1. The molecule has 0 aromatic carbocycles. The fraction of sp³-hybridized carbons (Fsp3) is 0.273. The van der Waals surface area contributed by atoms with Crippen LogP contribution in [0.4, 0.5) is 5.69 Å². The Morgan fingerprint density at radius 2 is 2.15 bits per heavy atom. The van der Waals surface area contributed by atoms with Crippen LogP contribution >= 0.6 is 0 Å². The van der Waals surface area contributed by atoms with E-state index in [1.165, 1.54) is 31.2 Å². The van der Waals surface area contributed by atoms with Crippen molar-refractivity contribution in [1.82, 2.24) is 25.3 Å². The van der Waals surface area contributed by atoms with Gasteiger partial charge in [0.15, 0.2) is 17.1 Å². The van der Waals surface area contributed by atoms with Crippen molar-refractivity contribution in [2.45, 2.75) is 0 Å². The standard InChI is InChI=1S/C11H14N6O3/c1-12-10(18)8-6(5-17(2)16-8)14-11(19)9-7(20-3)4-13-15-9/h4-5H,1-3H3,(H,12,18)(H,13,15)(H,14,19). The predicted octanol–water partition coefficient (Wildman–Crippen LogP) is -0.236. The maximum Gasteiger partial charge on any atom is 0.277 e. The zero-order valence-electron chi connectivity index (χ0n) is 11.2. The fourth-order valence-electron chi connectivity index (χ4n) is 1.64. The summed E-state index contributed by atoms with van der Waals surface area (Å²) in [5.41, 5.74) is 0.592. The van der Waals surface area contributed by atoms with Gasteiger partial charge in [0.2, 0.25) is 0 Å². The van der Waals surface area contributed by atoms with Crippen LogP contribution < -0.4 is 15.4 Å². The molecule has 0 aliphatic heterocycles. The Morgan fingerprint density at radius 3 is 2.80 bits per heavy atom. The van der Waals surface area contributed by atoms with E-state index in [9.17, 15) is 9.59 Å². The molecule has 2 amide bonds. The van der Waals surface area contributed by atoms with E-state index < -0.39 is 11.8 Å². The van der Waals surface area contributed by atoms with Gasteiger partial charge in [0, 0.05) is 20.3 Å². The highest BCUT2D eigenvalue weighted by Crippen LogP contribution is 2.18. The molecule has 2 heterocycles. The van der Waals surface area contributed by atoms with Gasteiger partial charge in [0.25, 0.3) is 11.8 Å². The maximum absolute atomic E-state index is 12.1. The predicted molar refractivity (Wildman–Crippen MR) is 69.7 cm³/mol. The zero-order chi connectivity index (χ0) is 14.7. The average Bonchev–Trinajstić information content (AvgIpc) is 3.04. The molecule has 0 atom stereocenters. The van der Waals surface area contributed by atoms with Crippen LogP contribution in [-0.4, -0.2) is 45.9 Å². The Hall–Kier alpha value is -2.84. The summed E-state index contributed by atoms with van der Waals surface area (Å²) in [5.74, 6) is -0.553. The molecule has 2 rings (SSSR count). The third-order valence-corrected chi connectivity index (χ3v) is 2.57. The molecule has 106 valence electrons. The van der Waals surface area contributed by atoms with Crippen LogP contribution in [0.25, 0.3) is 0 Å². The molecular formula is C11H14N6O3. The van der Waals surface area contributed by atoms with E-state index in [2.05, 4.69) is 25.9 Å². The minimum absolute atomic E-state index is 0.127. The molecule has 0 radical (unpaired) electrons. The van der Waals surface area contributed by atoms with Crippen LogP contribution in [-0.2, 0) is 7.05 Å². The molecule has 0 aliphatic rings. The summed E-state index contributed by atoms with van der Waals surface area (Å²) >= 11 is 0. The molecule has 0 saturated carbocycles. The van der Waals surface area contributed by atoms with Gasteiger partial charge in [-0.1, -0.05) is 0 Å². The second-order valence-electron chi connectivity index (χ2n) is 3.91. The van der Waals surface area contributed by atoms with Gasteiger partial charge < -0.3 is 15.4 Å². The van der Waals surface area contributed by atoms with Crippen LogP contribution in [0.1, 0.15) is 21.0 Å². The summed E-state index contributed by atoms with van der Waals surface area (Å²) in [5, 5.41) is 15.3. The lowest BCUT2D eigenvalue weighted by molar-refractivity contribution is 0.0958. The quantitative estimate of drug-likeness (QED) is 0.714. The topological polar surface area (TPSA) is 114 Å². The summed E-state index contributed by atoms with van der Waals surface area (Å²) in [7, 11) is 4.57. The van der Waals surface area contributed by atoms with E-state index in [4.69, 9.17) is 4.74 Å². The number of aromatic amines is 1. The molecule has 0 saturated heterocycles. The van der Waals surface area contributed by atoms with E-state index in [0.717, 1.165) is 0 Å². The summed E-state index contributed by atoms with van der Waals surface area (Å²) in [6, 6.07) is 0. The monoisotopic (exact) mass is 278 g/mol. The number of hydrogen-bond donors (Lipinski definition) is 3. The number of nitrogens with zero attached hydrogens (tertiary/aromatic N) is 3. The van der Waals surface area contributed by atoms with Crippen LogP contribution in [0, 0.1) is 0 Å². The highest BCUT2D eigenvalue weighted by atomic mass is 16.5. The summed E-state index contributed by atoms with van der Waals surface area (Å²) in [6.45, 7) is 0. The molecule has 0 fully saturated rings. The smallest absolute Gasteiger partial charge is 0.277 e. The number of carbonyl (C=O) groups is 2. The molecule has 9 nitrogen and oxygen atoms in total. The first-order chi connectivity index (χ1) is 9.56. The minimum Gasteiger partial charge on any atom is -0.493 e. The number of aromatic nitrogens is 4. The summed E-state index contributed by atoms with van der Waals surface area (Å²) in [6.07, 6.45) is 2.92. The molecule has 0 aliphatic carbocycles. The Labute approximate surface area is 114 Å². The van der Waals surface area contributed by atoms with Crippen LogP contribution in [0.5, 0.6) is 5.75 Å². The first kappa shape index (κ1) is 13.6. The molecule has 2 aromatic heterocycles. The molecule has 20 heavy (non-hydrogen) atoms. The third kappa shape index (κ3) is 2.46. The first-order valence-corrected chi connectivity index (χ1v) is 5.71. The molecule has 0 bridgehead atoms. The van der Waals surface area contributed by atoms with Gasteiger partial charge in [0.05, 0.1) is 19.0 Å². The van der Waals surface area contributed by atoms with Crippen LogP contribution in [0.2, 0.25) is 0 Å². The van der Waals surface area contributed by atoms with Crippen molar-refractivity contribution >= 4 is 17.5 Å². The third-order valence-electron chi connectivity index (χ3n) is 2.57. The van der Waals surface area contributed by atoms with E-state index >= 15 is 0 Å². The van der Waals surface area contributed by atoms with Gasteiger partial charge in [-0.25, -0.2) is 0 Å². The number of nitrogens with one attached hydrogen (secondary N) is 3. The van der Waals surface area contributed by atoms with Crippen molar-refractivity contribution in [2.75, 3.05) is 19.5 Å². The second kappa shape index (κ2) is 5.43. The molecule has 9 heteroatoms. The van der Waals surface area contributed by atoms with E-state index in [0.29, 0.717) is 11.4 Å². The molecule has 3 N–H and O–H groups in total. The maximum atomic E-state index is 12.1. The summed E-state index contributed by atoms with van der Waals surface area (Å²) in [4.78, 5) is 23.8. The normalized spacial score (nSPS) is 10.2. The van der Waals surface area contributed by atoms with E-state index in [1.807, 2.05) is 0 Å². The highest BCUT2D eigenvalue weighted by Gasteiger charge is 2.20. The van der Waals surface area contributed by atoms with Gasteiger partial charge in [0.1, 0.15) is 0 Å². The number of H-pyrrole nitrogens is 1. The van der Waals surface area contributed by atoms with Crippen molar-refractivity contribution in [3.63, 3.8) is 0 Å². The van der Waals surface area contributed by atoms with Gasteiger partial charge in [-0.2, -0.15) is 10.2 Å². The highest BCUT2D eigenvalue weighted by molar-refractivity contribution is 6.08. The fourth-order valence-corrected chi connectivity index (χ4v) is 1.64. The summed E-state index contributed by atoms with van der Waals surface area (Å²) < 4.78 is 6.43. The van der Waals surface area contributed by atoms with Crippen molar-refractivity contribution in [3.8, 4) is 5.75 Å². The molecule has 0 unspecified atom stereocenters. The minimum atomic E-state index is -0.475. The largest absolute Gasteiger partial charge is 0.493 e. The Morgan fingerprint density at radius 1 is 1.40 bits per heavy atom. The molecule has 0 spiro atoms. The Balaban J connectivity index is 2.26. The number of carbonyl (C=O) groups excluding carboxylic acids is 2. The zero-order valence-corrected chi connectivity index (χ0v) is 11.2. The number of rotatable bonds is 4. The number of methoxy groups -OCH3 is 1. The van der Waals surface area contributed by atoms with Gasteiger partial charge >= 0.3 is 0 Å². The number of anilines is 1. The molecular weight excluding hydrogens is 264 g/mol. The van der Waals surface area contributed by atoms with E-state index in [-0.39, 0.29) is 11.4 Å². The number of amides is 2. The van der Waals surface area contributed by atoms with Crippen molar-refractivity contribution in [3.05, 3.63) is 23.8 Å². The lowest BCUT2D eigenvalue weighted by Crippen LogP contribution is -2.21. The van der Waals surface area contributed by atoms with Gasteiger partial charge in [-0.05, 0) is 0 Å². The van der Waals surface area contributed by atoms with Crippen LogP contribution in [0.15, 0.2) is 12.4 Å². The number of ether oxygens (including phenoxy) is 1. The van der Waals surface area contributed by atoms with Gasteiger partial charge in [-0.3, -0.25) is 19.4 Å². The van der Waals surface area contributed by atoms with Gasteiger partial charge in [-0.15, -0.1) is 0 Å². The SMILES string of the molecule is CNC(=O)c1nn(C)cc1NC(=O)c1[nH]ncc1OC. The number of hydrogen-bond acceptors (Lipinski definition) is 5. The van der Waals surface area contributed by atoms with Crippen molar-refractivity contribution in [1.29, 1.82) is 0 Å². The van der Waals surface area contributed by atoms with Crippen molar-refractivity contribution in [2.24, 2.45) is 7.05 Å². The van der Waals surface area contributed by atoms with Crippen LogP contribution in [0.3, 0.4) is 0 Å². The molecule has 2 aromatic rings. The Bertz CT molecular complexity index is 644. The Kier molecular flexibility index (Phi) is 3.69. The van der Waals surface area contributed by atoms with Crippen molar-refractivity contribution < 1.29 is 14.3 Å². The lowest BCUT2D eigenvalue weighted by atomic mass is 10.3. The lowest BCUT2D eigenvalue weighted by Gasteiger charge is -2.04. The average molecular weight is 278 g/mol. The first-order valence-electron chi connectivity index (χ1n) is 5.71. The second-order valence-corrected chi connectivity index (χ2v) is 3.91. The van der Waals surface area contributed by atoms with E-state index in [1.54, 1.807) is 7.05 Å².